The van der Waals surface area contributed by atoms with Gasteiger partial charge in [-0.25, -0.2) is 9.97 Å². The smallest absolute Gasteiger partial charge is 0.162 e. The highest BCUT2D eigenvalue weighted by molar-refractivity contribution is 14.1. The van der Waals surface area contributed by atoms with Crippen molar-refractivity contribution in [2.45, 2.75) is 27.7 Å². The minimum atomic E-state index is 0.553. The zero-order valence-electron chi connectivity index (χ0n) is 11.0. The van der Waals surface area contributed by atoms with E-state index >= 15 is 0 Å². The first kappa shape index (κ1) is 13.3. The van der Waals surface area contributed by atoms with E-state index < -0.39 is 0 Å². The van der Waals surface area contributed by atoms with Crippen LogP contribution in [-0.2, 0) is 0 Å². The summed E-state index contributed by atoms with van der Waals surface area (Å²) in [5, 5.41) is 0. The molecular formula is C14H16IN3. The minimum Gasteiger partial charge on any atom is -0.383 e. The summed E-state index contributed by atoms with van der Waals surface area (Å²) in [6.45, 7) is 8.23. The number of aromatic nitrogens is 2. The van der Waals surface area contributed by atoms with Gasteiger partial charge in [0.25, 0.3) is 0 Å². The molecule has 0 aliphatic rings. The molecule has 0 unspecified atom stereocenters. The number of hydrogen-bond donors (Lipinski definition) is 1. The highest BCUT2D eigenvalue weighted by Gasteiger charge is 2.13. The Kier molecular flexibility index (Phi) is 3.56. The molecule has 1 heterocycles. The SMILES string of the molecule is Cc1cc(C)c(-c2nc(C)c(I)c(N)n2)c(C)c1. The molecule has 0 radical (unpaired) electrons. The zero-order valence-corrected chi connectivity index (χ0v) is 13.2. The fourth-order valence-corrected chi connectivity index (χ4v) is 2.47. The summed E-state index contributed by atoms with van der Waals surface area (Å²) in [5.74, 6) is 1.28. The Morgan fingerprint density at radius 1 is 1.00 bits per heavy atom. The maximum absolute atomic E-state index is 5.93. The van der Waals surface area contributed by atoms with Crippen LogP contribution in [0.5, 0.6) is 0 Å². The summed E-state index contributed by atoms with van der Waals surface area (Å²) < 4.78 is 0.929. The van der Waals surface area contributed by atoms with Crippen LogP contribution in [0.4, 0.5) is 5.82 Å². The van der Waals surface area contributed by atoms with E-state index in [0.717, 1.165) is 20.7 Å². The van der Waals surface area contributed by atoms with E-state index in [0.29, 0.717) is 5.82 Å². The summed E-state index contributed by atoms with van der Waals surface area (Å²) >= 11 is 2.18. The normalized spacial score (nSPS) is 10.7. The van der Waals surface area contributed by atoms with Crippen molar-refractivity contribution in [3.05, 3.63) is 38.1 Å². The van der Waals surface area contributed by atoms with Crippen molar-refractivity contribution in [2.75, 3.05) is 5.73 Å². The Balaban J connectivity index is 2.70. The van der Waals surface area contributed by atoms with Crippen molar-refractivity contribution in [3.8, 4) is 11.4 Å². The van der Waals surface area contributed by atoms with Gasteiger partial charge in [0.15, 0.2) is 5.82 Å². The standard InChI is InChI=1S/C14H16IN3/c1-7-5-8(2)11(9(3)6-7)14-17-10(4)12(15)13(16)18-14/h5-6H,1-4H3,(H2,16,17,18). The molecule has 0 saturated heterocycles. The molecule has 2 aromatic rings. The molecule has 1 aromatic heterocycles. The molecule has 2 rings (SSSR count). The second-order valence-electron chi connectivity index (χ2n) is 4.61. The molecule has 2 N–H and O–H groups in total. The van der Waals surface area contributed by atoms with Crippen LogP contribution in [0.15, 0.2) is 12.1 Å². The predicted molar refractivity (Wildman–Crippen MR) is 83.5 cm³/mol. The zero-order chi connectivity index (χ0) is 13.4. The number of nitrogens with two attached hydrogens (primary N) is 1. The lowest BCUT2D eigenvalue weighted by Crippen LogP contribution is -2.04. The molecule has 0 atom stereocenters. The lowest BCUT2D eigenvalue weighted by molar-refractivity contribution is 1.09. The number of halogens is 1. The van der Waals surface area contributed by atoms with Crippen molar-refractivity contribution < 1.29 is 0 Å². The quantitative estimate of drug-likeness (QED) is 0.798. The molecule has 0 aliphatic heterocycles. The van der Waals surface area contributed by atoms with Crippen molar-refractivity contribution in [3.63, 3.8) is 0 Å². The molecule has 0 fully saturated rings. The van der Waals surface area contributed by atoms with Crippen LogP contribution in [0.3, 0.4) is 0 Å². The van der Waals surface area contributed by atoms with Crippen molar-refractivity contribution in [1.29, 1.82) is 0 Å². The highest BCUT2D eigenvalue weighted by Crippen LogP contribution is 2.28. The molecular weight excluding hydrogens is 337 g/mol. The number of benzene rings is 1. The monoisotopic (exact) mass is 353 g/mol. The number of nitrogen functional groups attached to an aromatic ring is 1. The van der Waals surface area contributed by atoms with E-state index in [1.165, 1.54) is 16.7 Å². The summed E-state index contributed by atoms with van der Waals surface area (Å²) in [6.07, 6.45) is 0. The number of aryl methyl sites for hydroxylation is 4. The van der Waals surface area contributed by atoms with Gasteiger partial charge in [-0.05, 0) is 61.4 Å². The second-order valence-corrected chi connectivity index (χ2v) is 5.68. The Bertz CT molecular complexity index is 574. The van der Waals surface area contributed by atoms with E-state index in [1.54, 1.807) is 0 Å². The van der Waals surface area contributed by atoms with Gasteiger partial charge in [-0.2, -0.15) is 0 Å². The van der Waals surface area contributed by atoms with E-state index in [1.807, 2.05) is 6.92 Å². The Morgan fingerprint density at radius 3 is 2.06 bits per heavy atom. The van der Waals surface area contributed by atoms with Gasteiger partial charge >= 0.3 is 0 Å². The van der Waals surface area contributed by atoms with Gasteiger partial charge in [0, 0.05) is 5.56 Å². The molecule has 0 amide bonds. The maximum atomic E-state index is 5.93. The lowest BCUT2D eigenvalue weighted by Gasteiger charge is -2.12. The molecule has 0 saturated carbocycles. The van der Waals surface area contributed by atoms with Crippen molar-refractivity contribution in [1.82, 2.24) is 9.97 Å². The summed E-state index contributed by atoms with van der Waals surface area (Å²) in [7, 11) is 0. The number of rotatable bonds is 1. The molecule has 0 spiro atoms. The fourth-order valence-electron chi connectivity index (χ4n) is 2.23. The number of anilines is 1. The van der Waals surface area contributed by atoms with Crippen LogP contribution >= 0.6 is 22.6 Å². The molecule has 4 heteroatoms. The highest BCUT2D eigenvalue weighted by atomic mass is 127. The van der Waals surface area contributed by atoms with Crippen LogP contribution in [0.1, 0.15) is 22.4 Å². The first-order chi connectivity index (χ1) is 8.40. The third-order valence-corrected chi connectivity index (χ3v) is 4.28. The van der Waals surface area contributed by atoms with Gasteiger partial charge in [0.1, 0.15) is 5.82 Å². The van der Waals surface area contributed by atoms with Gasteiger partial charge < -0.3 is 5.73 Å². The topological polar surface area (TPSA) is 51.8 Å². The Hall–Kier alpha value is -1.17. The molecule has 0 aliphatic carbocycles. The largest absolute Gasteiger partial charge is 0.383 e. The molecule has 3 nitrogen and oxygen atoms in total. The van der Waals surface area contributed by atoms with E-state index in [2.05, 4.69) is 65.5 Å². The fraction of sp³-hybridized carbons (Fsp3) is 0.286. The average molecular weight is 353 g/mol. The summed E-state index contributed by atoms with van der Waals surface area (Å²) in [4.78, 5) is 8.97. The van der Waals surface area contributed by atoms with Crippen LogP contribution < -0.4 is 5.73 Å². The maximum Gasteiger partial charge on any atom is 0.162 e. The van der Waals surface area contributed by atoms with Gasteiger partial charge in [-0.1, -0.05) is 17.7 Å². The van der Waals surface area contributed by atoms with Crippen LogP contribution in [0, 0.1) is 31.3 Å². The van der Waals surface area contributed by atoms with E-state index in [-0.39, 0.29) is 0 Å². The number of nitrogens with zero attached hydrogens (tertiary/aromatic N) is 2. The van der Waals surface area contributed by atoms with Gasteiger partial charge in [-0.3, -0.25) is 0 Å². The molecule has 94 valence electrons. The van der Waals surface area contributed by atoms with Gasteiger partial charge in [0.05, 0.1) is 9.26 Å². The van der Waals surface area contributed by atoms with Crippen LogP contribution in [-0.4, -0.2) is 9.97 Å². The first-order valence-corrected chi connectivity index (χ1v) is 6.86. The lowest BCUT2D eigenvalue weighted by atomic mass is 9.99. The Labute approximate surface area is 121 Å². The summed E-state index contributed by atoms with van der Waals surface area (Å²) in [6, 6.07) is 4.30. The minimum absolute atomic E-state index is 0.553. The van der Waals surface area contributed by atoms with Crippen LogP contribution in [0.2, 0.25) is 0 Å². The molecule has 18 heavy (non-hydrogen) atoms. The Morgan fingerprint density at radius 2 is 1.56 bits per heavy atom. The van der Waals surface area contributed by atoms with E-state index in [9.17, 15) is 0 Å². The van der Waals surface area contributed by atoms with Gasteiger partial charge in [0.2, 0.25) is 0 Å². The molecule has 0 bridgehead atoms. The first-order valence-electron chi connectivity index (χ1n) is 5.78. The second kappa shape index (κ2) is 4.84. The number of hydrogen-bond acceptors (Lipinski definition) is 3. The van der Waals surface area contributed by atoms with E-state index in [4.69, 9.17) is 5.73 Å². The van der Waals surface area contributed by atoms with Crippen molar-refractivity contribution in [2.24, 2.45) is 0 Å². The predicted octanol–water partition coefficient (Wildman–Crippen LogP) is 3.56. The third kappa shape index (κ3) is 2.34. The molecule has 1 aromatic carbocycles. The van der Waals surface area contributed by atoms with Crippen molar-refractivity contribution >= 4 is 28.4 Å². The third-order valence-electron chi connectivity index (χ3n) is 2.94. The average Bonchev–Trinajstić information content (AvgIpc) is 2.24. The summed E-state index contributed by atoms with van der Waals surface area (Å²) in [5.41, 5.74) is 11.6. The van der Waals surface area contributed by atoms with Gasteiger partial charge in [-0.15, -0.1) is 0 Å². The van der Waals surface area contributed by atoms with Crippen LogP contribution in [0.25, 0.3) is 11.4 Å².